The van der Waals surface area contributed by atoms with Crippen LogP contribution in [0.1, 0.15) is 30.5 Å². The average molecular weight is 385 g/mol. The molecule has 4 rings (SSSR count). The number of nitrogens with zero attached hydrogens (tertiary/aromatic N) is 2. The fourth-order valence-electron chi connectivity index (χ4n) is 3.62. The lowest BCUT2D eigenvalue weighted by Gasteiger charge is -2.18. The highest BCUT2D eigenvalue weighted by Gasteiger charge is 2.21. The Balaban J connectivity index is 1.99. The minimum atomic E-state index is -0.275. The van der Waals surface area contributed by atoms with E-state index in [0.29, 0.717) is 10.0 Å². The van der Waals surface area contributed by atoms with Gasteiger partial charge in [0.05, 0.1) is 21.4 Å². The van der Waals surface area contributed by atoms with Gasteiger partial charge in [-0.1, -0.05) is 60.0 Å². The van der Waals surface area contributed by atoms with E-state index in [4.69, 9.17) is 23.2 Å². The van der Waals surface area contributed by atoms with E-state index in [1.807, 2.05) is 36.4 Å². The third kappa shape index (κ3) is 3.17. The van der Waals surface area contributed by atoms with Crippen LogP contribution in [0.5, 0.6) is 0 Å². The van der Waals surface area contributed by atoms with Gasteiger partial charge in [-0.3, -0.25) is 4.57 Å². The van der Waals surface area contributed by atoms with E-state index in [0.717, 1.165) is 54.7 Å². The quantitative estimate of drug-likeness (QED) is 0.548. The maximum atomic E-state index is 13.0. The number of hydrogen-bond acceptors (Lipinski definition) is 2. The Morgan fingerprint density at radius 3 is 2.42 bits per heavy atom. The summed E-state index contributed by atoms with van der Waals surface area (Å²) in [7, 11) is 0. The third-order valence-corrected chi connectivity index (χ3v) is 5.59. The lowest BCUT2D eigenvalue weighted by molar-refractivity contribution is 0.702. The second-order valence-corrected chi connectivity index (χ2v) is 7.34. The van der Waals surface area contributed by atoms with E-state index in [9.17, 15) is 4.79 Å². The van der Waals surface area contributed by atoms with E-state index >= 15 is 0 Å². The molecule has 132 valence electrons. The van der Waals surface area contributed by atoms with Crippen LogP contribution in [0.3, 0.4) is 0 Å². The molecule has 1 heterocycles. The van der Waals surface area contributed by atoms with Crippen LogP contribution < -0.4 is 5.69 Å². The normalized spacial score (nSPS) is 13.9. The zero-order chi connectivity index (χ0) is 18.1. The van der Waals surface area contributed by atoms with Crippen molar-refractivity contribution in [3.8, 4) is 16.9 Å². The first-order valence-electron chi connectivity index (χ1n) is 8.81. The first-order valence-corrected chi connectivity index (χ1v) is 9.56. The molecular formula is C21H18Cl2N2O. The molecule has 5 heteroatoms. The topological polar surface area (TPSA) is 34.9 Å². The van der Waals surface area contributed by atoms with E-state index in [-0.39, 0.29) is 5.69 Å². The van der Waals surface area contributed by atoms with Crippen LogP contribution in [0.25, 0.3) is 16.9 Å². The number of rotatable bonds is 2. The fourth-order valence-corrected chi connectivity index (χ4v) is 3.91. The number of hydrogen-bond donors (Lipinski definition) is 0. The van der Waals surface area contributed by atoms with Gasteiger partial charge in [0.25, 0.3) is 0 Å². The number of aromatic nitrogens is 2. The van der Waals surface area contributed by atoms with Crippen molar-refractivity contribution in [1.29, 1.82) is 0 Å². The van der Waals surface area contributed by atoms with Gasteiger partial charge >= 0.3 is 5.69 Å². The minimum Gasteiger partial charge on any atom is -0.265 e. The standard InChI is InChI=1S/C21H18Cl2N2O/c22-17-12-11-15(13-18(17)23)25-19-10-6-2-5-9-16(19)20(24-21(25)26)14-7-3-1-4-8-14/h1,3-4,7-8,11-13H,2,5-6,9-10H2. The van der Waals surface area contributed by atoms with E-state index in [1.54, 1.807) is 16.7 Å². The van der Waals surface area contributed by atoms with E-state index in [2.05, 4.69) is 4.98 Å². The molecule has 1 aliphatic carbocycles. The van der Waals surface area contributed by atoms with Crippen molar-refractivity contribution in [1.82, 2.24) is 9.55 Å². The molecule has 2 aromatic carbocycles. The lowest BCUT2D eigenvalue weighted by atomic mass is 10.0. The van der Waals surface area contributed by atoms with Crippen LogP contribution in [0.2, 0.25) is 10.0 Å². The van der Waals surface area contributed by atoms with Crippen molar-refractivity contribution in [3.63, 3.8) is 0 Å². The molecule has 0 fully saturated rings. The van der Waals surface area contributed by atoms with Gasteiger partial charge in [-0.05, 0) is 49.4 Å². The van der Waals surface area contributed by atoms with Gasteiger partial charge in [-0.25, -0.2) is 4.79 Å². The van der Waals surface area contributed by atoms with Gasteiger partial charge in [0.2, 0.25) is 0 Å². The molecule has 0 saturated carbocycles. The van der Waals surface area contributed by atoms with Crippen LogP contribution >= 0.6 is 23.2 Å². The molecule has 0 saturated heterocycles. The molecule has 0 aliphatic heterocycles. The summed E-state index contributed by atoms with van der Waals surface area (Å²) in [4.78, 5) is 17.4. The van der Waals surface area contributed by atoms with Gasteiger partial charge in [-0.2, -0.15) is 4.98 Å². The Morgan fingerprint density at radius 1 is 0.885 bits per heavy atom. The van der Waals surface area contributed by atoms with Crippen LogP contribution in [0, 0.1) is 0 Å². The van der Waals surface area contributed by atoms with Crippen molar-refractivity contribution >= 4 is 23.2 Å². The predicted octanol–water partition coefficient (Wildman–Crippen LogP) is 5.48. The number of fused-ring (bicyclic) bond motifs is 1. The molecule has 0 unspecified atom stereocenters. The van der Waals surface area contributed by atoms with Crippen molar-refractivity contribution < 1.29 is 0 Å². The van der Waals surface area contributed by atoms with E-state index in [1.165, 1.54) is 5.56 Å². The summed E-state index contributed by atoms with van der Waals surface area (Å²) >= 11 is 12.2. The van der Waals surface area contributed by atoms with Crippen molar-refractivity contribution in [2.24, 2.45) is 0 Å². The highest BCUT2D eigenvalue weighted by atomic mass is 35.5. The highest BCUT2D eigenvalue weighted by Crippen LogP contribution is 2.31. The Bertz CT molecular complexity index is 1010. The van der Waals surface area contributed by atoms with Crippen LogP contribution in [-0.2, 0) is 12.8 Å². The summed E-state index contributed by atoms with van der Waals surface area (Å²) in [5, 5.41) is 0.911. The predicted molar refractivity (Wildman–Crippen MR) is 107 cm³/mol. The Morgan fingerprint density at radius 2 is 1.65 bits per heavy atom. The van der Waals surface area contributed by atoms with Gasteiger partial charge in [0, 0.05) is 11.3 Å². The molecular weight excluding hydrogens is 367 g/mol. The second-order valence-electron chi connectivity index (χ2n) is 6.53. The number of benzene rings is 2. The first-order chi connectivity index (χ1) is 12.6. The molecule has 0 atom stereocenters. The third-order valence-electron chi connectivity index (χ3n) is 4.85. The highest BCUT2D eigenvalue weighted by molar-refractivity contribution is 6.42. The Labute approximate surface area is 162 Å². The molecule has 0 spiro atoms. The summed E-state index contributed by atoms with van der Waals surface area (Å²) in [5.74, 6) is 0. The maximum Gasteiger partial charge on any atom is 0.352 e. The van der Waals surface area contributed by atoms with Crippen molar-refractivity contribution in [3.05, 3.63) is 80.3 Å². The van der Waals surface area contributed by atoms with Gasteiger partial charge in [0.1, 0.15) is 0 Å². The minimum absolute atomic E-state index is 0.275. The molecule has 0 N–H and O–H groups in total. The summed E-state index contributed by atoms with van der Waals surface area (Å²) in [6.45, 7) is 0. The molecule has 0 bridgehead atoms. The lowest BCUT2D eigenvalue weighted by Crippen LogP contribution is -2.27. The fraction of sp³-hybridized carbons (Fsp3) is 0.238. The summed E-state index contributed by atoms with van der Waals surface area (Å²) in [6, 6.07) is 15.2. The summed E-state index contributed by atoms with van der Waals surface area (Å²) in [5.41, 5.74) is 4.45. The Hall–Kier alpha value is -2.10. The first kappa shape index (κ1) is 17.3. The molecule has 3 nitrogen and oxygen atoms in total. The molecule has 1 aliphatic rings. The van der Waals surface area contributed by atoms with Crippen molar-refractivity contribution in [2.45, 2.75) is 32.1 Å². The Kier molecular flexibility index (Phi) is 4.84. The number of halogens is 2. The molecule has 0 radical (unpaired) electrons. The average Bonchev–Trinajstić information content (AvgIpc) is 2.90. The SMILES string of the molecule is O=c1nc(-c2ccccc2)c2c(n1-c1ccc(Cl)c(Cl)c1)CCCCC2. The molecule has 0 amide bonds. The maximum absolute atomic E-state index is 13.0. The van der Waals surface area contributed by atoms with Crippen LogP contribution in [0.4, 0.5) is 0 Å². The zero-order valence-corrected chi connectivity index (χ0v) is 15.7. The molecule has 1 aromatic heterocycles. The van der Waals surface area contributed by atoms with Crippen molar-refractivity contribution in [2.75, 3.05) is 0 Å². The monoisotopic (exact) mass is 384 g/mol. The van der Waals surface area contributed by atoms with E-state index < -0.39 is 0 Å². The molecule has 26 heavy (non-hydrogen) atoms. The smallest absolute Gasteiger partial charge is 0.265 e. The zero-order valence-electron chi connectivity index (χ0n) is 14.2. The summed E-state index contributed by atoms with van der Waals surface area (Å²) < 4.78 is 1.70. The second kappa shape index (κ2) is 7.26. The largest absolute Gasteiger partial charge is 0.352 e. The van der Waals surface area contributed by atoms with Crippen LogP contribution in [0.15, 0.2) is 53.3 Å². The van der Waals surface area contributed by atoms with Gasteiger partial charge in [0.15, 0.2) is 0 Å². The van der Waals surface area contributed by atoms with Crippen LogP contribution in [-0.4, -0.2) is 9.55 Å². The van der Waals surface area contributed by atoms with Gasteiger partial charge in [-0.15, -0.1) is 0 Å². The van der Waals surface area contributed by atoms with Gasteiger partial charge < -0.3 is 0 Å². The summed E-state index contributed by atoms with van der Waals surface area (Å²) in [6.07, 6.45) is 5.10. The molecule has 3 aromatic rings.